The number of hydrogen-bond donors (Lipinski definition) is 0. The van der Waals surface area contributed by atoms with Gasteiger partial charge in [0.2, 0.25) is 0 Å². The fourth-order valence-corrected chi connectivity index (χ4v) is 1.69. The molecule has 0 aliphatic carbocycles. The molecule has 0 saturated heterocycles. The highest BCUT2D eigenvalue weighted by molar-refractivity contribution is 9.10. The van der Waals surface area contributed by atoms with E-state index in [1.807, 2.05) is 47.3 Å². The van der Waals surface area contributed by atoms with Crippen LogP contribution in [-0.4, -0.2) is 16.8 Å². The second kappa shape index (κ2) is 5.64. The van der Waals surface area contributed by atoms with E-state index in [9.17, 15) is 4.79 Å². The van der Waals surface area contributed by atoms with Gasteiger partial charge in [0.1, 0.15) is 0 Å². The van der Waals surface area contributed by atoms with Crippen LogP contribution < -0.4 is 0 Å². The zero-order valence-corrected chi connectivity index (χ0v) is 11.3. The summed E-state index contributed by atoms with van der Waals surface area (Å²) in [6.07, 6.45) is 5.31. The molecule has 1 heterocycles. The third-order valence-electron chi connectivity index (χ3n) is 2.22. The lowest BCUT2D eigenvalue weighted by Gasteiger charge is -2.01. The maximum Gasteiger partial charge on any atom is 0.331 e. The minimum absolute atomic E-state index is 0.432. The summed E-state index contributed by atoms with van der Waals surface area (Å²) >= 11 is 3.39. The number of hydrogen-bond acceptors (Lipinski definition) is 3. The first kappa shape index (κ1) is 12.6. The zero-order valence-electron chi connectivity index (χ0n) is 9.71. The Bertz CT molecular complexity index is 573. The Morgan fingerprint density at radius 1 is 1.33 bits per heavy atom. The fraction of sp³-hybridized carbons (Fsp3) is 0.0769. The average molecular weight is 307 g/mol. The maximum atomic E-state index is 10.5. The minimum atomic E-state index is -0.432. The van der Waals surface area contributed by atoms with Gasteiger partial charge >= 0.3 is 5.97 Å². The van der Waals surface area contributed by atoms with Crippen LogP contribution in [0.3, 0.4) is 0 Å². The average Bonchev–Trinajstić information content (AvgIpc) is 2.78. The molecule has 4 nitrogen and oxygen atoms in total. The number of carbonyl (C=O) groups excluding carboxylic acids is 1. The van der Waals surface area contributed by atoms with Gasteiger partial charge in [0.05, 0.1) is 6.21 Å². The molecule has 5 heteroatoms. The maximum absolute atomic E-state index is 10.5. The third-order valence-corrected chi connectivity index (χ3v) is 2.75. The van der Waals surface area contributed by atoms with E-state index in [4.69, 9.17) is 0 Å². The zero-order chi connectivity index (χ0) is 13.0. The van der Waals surface area contributed by atoms with Crippen LogP contribution in [0.2, 0.25) is 0 Å². The summed E-state index contributed by atoms with van der Waals surface area (Å²) in [6, 6.07) is 9.83. The van der Waals surface area contributed by atoms with Crippen LogP contribution in [0.15, 0.2) is 52.4 Å². The van der Waals surface area contributed by atoms with Gasteiger partial charge in [-0.25, -0.2) is 4.79 Å². The van der Waals surface area contributed by atoms with Gasteiger partial charge < -0.3 is 9.40 Å². The predicted octanol–water partition coefficient (Wildman–Crippen LogP) is 3.14. The smallest absolute Gasteiger partial charge is 0.323 e. The van der Waals surface area contributed by atoms with Gasteiger partial charge in [-0.05, 0) is 30.3 Å². The Morgan fingerprint density at radius 2 is 2.06 bits per heavy atom. The summed E-state index contributed by atoms with van der Waals surface area (Å²) in [6.45, 7) is 1.31. The minimum Gasteiger partial charge on any atom is -0.323 e. The molecule has 0 amide bonds. The third kappa shape index (κ3) is 3.30. The number of benzene rings is 1. The molecular weight excluding hydrogens is 296 g/mol. The Morgan fingerprint density at radius 3 is 2.72 bits per heavy atom. The van der Waals surface area contributed by atoms with Crippen molar-refractivity contribution in [1.29, 1.82) is 0 Å². The number of oxime groups is 1. The van der Waals surface area contributed by atoms with Crippen LogP contribution in [0, 0.1) is 0 Å². The molecule has 0 N–H and O–H groups in total. The summed E-state index contributed by atoms with van der Waals surface area (Å²) in [7, 11) is 0. The molecule has 0 unspecified atom stereocenters. The Kier molecular flexibility index (Phi) is 3.94. The van der Waals surface area contributed by atoms with Crippen molar-refractivity contribution in [1.82, 2.24) is 4.57 Å². The fourth-order valence-electron chi connectivity index (χ4n) is 1.42. The largest absolute Gasteiger partial charge is 0.331 e. The van der Waals surface area contributed by atoms with E-state index in [2.05, 4.69) is 25.9 Å². The Hall–Kier alpha value is -1.88. The van der Waals surface area contributed by atoms with Gasteiger partial charge in [-0.1, -0.05) is 21.1 Å². The van der Waals surface area contributed by atoms with E-state index in [0.29, 0.717) is 0 Å². The van der Waals surface area contributed by atoms with Gasteiger partial charge in [-0.2, -0.15) is 0 Å². The molecule has 0 aliphatic rings. The highest BCUT2D eigenvalue weighted by atomic mass is 79.9. The lowest BCUT2D eigenvalue weighted by molar-refractivity contribution is -0.140. The molecule has 0 fully saturated rings. The monoisotopic (exact) mass is 306 g/mol. The second-order valence-electron chi connectivity index (χ2n) is 3.65. The quantitative estimate of drug-likeness (QED) is 0.497. The van der Waals surface area contributed by atoms with Crippen LogP contribution >= 0.6 is 15.9 Å². The van der Waals surface area contributed by atoms with Crippen molar-refractivity contribution in [3.63, 3.8) is 0 Å². The first-order chi connectivity index (χ1) is 8.65. The summed E-state index contributed by atoms with van der Waals surface area (Å²) < 4.78 is 3.00. The topological polar surface area (TPSA) is 43.6 Å². The molecule has 0 aliphatic heterocycles. The molecule has 0 bridgehead atoms. The van der Waals surface area contributed by atoms with Crippen molar-refractivity contribution in [2.24, 2.45) is 5.16 Å². The Labute approximate surface area is 113 Å². The summed E-state index contributed by atoms with van der Waals surface area (Å²) in [5, 5.41) is 3.57. The number of nitrogens with zero attached hydrogens (tertiary/aromatic N) is 2. The second-order valence-corrected chi connectivity index (χ2v) is 4.56. The summed E-state index contributed by atoms with van der Waals surface area (Å²) in [4.78, 5) is 15.0. The number of carbonyl (C=O) groups is 1. The van der Waals surface area contributed by atoms with Crippen molar-refractivity contribution in [3.8, 4) is 5.69 Å². The van der Waals surface area contributed by atoms with Crippen LogP contribution in [0.25, 0.3) is 5.69 Å². The number of aromatic nitrogens is 1. The van der Waals surface area contributed by atoms with E-state index in [1.165, 1.54) is 13.1 Å². The first-order valence-electron chi connectivity index (χ1n) is 5.30. The van der Waals surface area contributed by atoms with Crippen molar-refractivity contribution in [3.05, 3.63) is 52.8 Å². The van der Waals surface area contributed by atoms with Gasteiger partial charge in [0, 0.05) is 35.0 Å². The van der Waals surface area contributed by atoms with E-state index < -0.39 is 5.97 Å². The Balaban J connectivity index is 2.12. The summed E-state index contributed by atoms with van der Waals surface area (Å²) in [5.74, 6) is -0.432. The lowest BCUT2D eigenvalue weighted by Crippen LogP contribution is -1.91. The van der Waals surface area contributed by atoms with E-state index >= 15 is 0 Å². The van der Waals surface area contributed by atoms with Crippen LogP contribution in [0.5, 0.6) is 0 Å². The van der Waals surface area contributed by atoms with Crippen molar-refractivity contribution in [2.45, 2.75) is 6.92 Å². The first-order valence-corrected chi connectivity index (χ1v) is 6.09. The molecule has 92 valence electrons. The highest BCUT2D eigenvalue weighted by Gasteiger charge is 1.98. The number of halogens is 1. The molecule has 2 aromatic rings. The van der Waals surface area contributed by atoms with Crippen molar-refractivity contribution in [2.75, 3.05) is 0 Å². The normalized spacial score (nSPS) is 10.8. The standard InChI is InChI=1S/C13H11BrN2O2/c1-10(17)18-15-8-11-6-7-16(9-11)13-4-2-12(14)3-5-13/h2-9H,1H3. The van der Waals surface area contributed by atoms with Crippen LogP contribution in [-0.2, 0) is 9.63 Å². The van der Waals surface area contributed by atoms with Gasteiger partial charge in [0.25, 0.3) is 0 Å². The van der Waals surface area contributed by atoms with Gasteiger partial charge in [-0.3, -0.25) is 0 Å². The molecule has 2 rings (SSSR count). The highest BCUT2D eigenvalue weighted by Crippen LogP contribution is 2.14. The van der Waals surface area contributed by atoms with Crippen LogP contribution in [0.1, 0.15) is 12.5 Å². The lowest BCUT2D eigenvalue weighted by atomic mass is 10.3. The molecule has 0 saturated carbocycles. The van der Waals surface area contributed by atoms with Crippen molar-refractivity contribution < 1.29 is 9.63 Å². The summed E-state index contributed by atoms with van der Waals surface area (Å²) in [5.41, 5.74) is 1.91. The molecule has 0 radical (unpaired) electrons. The van der Waals surface area contributed by atoms with E-state index in [0.717, 1.165) is 15.7 Å². The number of rotatable bonds is 3. The van der Waals surface area contributed by atoms with E-state index in [1.54, 1.807) is 0 Å². The molecule has 0 atom stereocenters. The molecular formula is C13H11BrN2O2. The predicted molar refractivity (Wildman–Crippen MR) is 72.8 cm³/mol. The van der Waals surface area contributed by atoms with Crippen LogP contribution in [0.4, 0.5) is 0 Å². The van der Waals surface area contributed by atoms with Crippen molar-refractivity contribution >= 4 is 28.1 Å². The molecule has 1 aromatic heterocycles. The molecule has 18 heavy (non-hydrogen) atoms. The molecule has 0 spiro atoms. The SMILES string of the molecule is CC(=O)ON=Cc1ccn(-c2ccc(Br)cc2)c1. The van der Waals surface area contributed by atoms with Gasteiger partial charge in [-0.15, -0.1) is 0 Å². The molecule has 1 aromatic carbocycles. The van der Waals surface area contributed by atoms with E-state index in [-0.39, 0.29) is 0 Å². The van der Waals surface area contributed by atoms with Gasteiger partial charge in [0.15, 0.2) is 0 Å².